The molecule has 1 N–H and O–H groups in total. The number of carbonyl (C=O) groups is 1. The fraction of sp³-hybridized carbons (Fsp3) is 0.833. The van der Waals surface area contributed by atoms with Crippen LogP contribution in [0.25, 0.3) is 0 Å². The molecule has 0 atom stereocenters. The molecule has 0 saturated carbocycles. The van der Waals surface area contributed by atoms with E-state index in [4.69, 9.17) is 0 Å². The normalized spacial score (nSPS) is 15.3. The number of hydrogen-bond donors (Lipinski definition) is 1. The Morgan fingerprint density at radius 1 is 1.33 bits per heavy atom. The largest absolute Gasteiger partial charge is 0.357 e. The summed E-state index contributed by atoms with van der Waals surface area (Å²) in [6.45, 7) is 5.66. The van der Waals surface area contributed by atoms with Crippen molar-refractivity contribution in [3.8, 4) is 0 Å². The Bertz CT molecular complexity index is 275. The predicted molar refractivity (Wildman–Crippen MR) is 85.5 cm³/mol. The van der Waals surface area contributed by atoms with Crippen LogP contribution in [0.15, 0.2) is 4.99 Å². The fourth-order valence-electron chi connectivity index (χ4n) is 1.84. The second kappa shape index (κ2) is 9.41. The summed E-state index contributed by atoms with van der Waals surface area (Å²) in [5.41, 5.74) is 0. The van der Waals surface area contributed by atoms with E-state index < -0.39 is 0 Å². The Hall–Kier alpha value is -0.530. The van der Waals surface area contributed by atoms with E-state index in [1.165, 1.54) is 12.8 Å². The summed E-state index contributed by atoms with van der Waals surface area (Å²) in [6.07, 6.45) is 2.96. The van der Waals surface area contributed by atoms with Gasteiger partial charge in [0.05, 0.1) is 6.54 Å². The summed E-state index contributed by atoms with van der Waals surface area (Å²) in [7, 11) is 3.55. The average Bonchev–Trinajstić information content (AvgIpc) is 2.80. The standard InChI is InChI=1S/C12H24N4O.HI/c1-4-13-12(16-9-5-6-10-16)14-8-7-11(17)15(2)3;/h4-10H2,1-3H3,(H,13,14);1H. The highest BCUT2D eigenvalue weighted by Gasteiger charge is 2.15. The molecule has 1 amide bonds. The molecule has 1 aliphatic rings. The van der Waals surface area contributed by atoms with Crippen molar-refractivity contribution in [2.75, 3.05) is 40.3 Å². The maximum Gasteiger partial charge on any atom is 0.223 e. The van der Waals surface area contributed by atoms with Gasteiger partial charge in [0.2, 0.25) is 5.91 Å². The van der Waals surface area contributed by atoms with Gasteiger partial charge in [0.1, 0.15) is 0 Å². The molecule has 0 spiro atoms. The minimum atomic E-state index is 0. The van der Waals surface area contributed by atoms with Crippen LogP contribution in [0.4, 0.5) is 0 Å². The molecule has 1 rings (SSSR count). The van der Waals surface area contributed by atoms with Gasteiger partial charge in [-0.15, -0.1) is 24.0 Å². The van der Waals surface area contributed by atoms with Crippen molar-refractivity contribution in [1.29, 1.82) is 0 Å². The van der Waals surface area contributed by atoms with Gasteiger partial charge in [-0.3, -0.25) is 9.79 Å². The number of aliphatic imine (C=N–C) groups is 1. The maximum atomic E-state index is 11.4. The highest BCUT2D eigenvalue weighted by Crippen LogP contribution is 2.07. The highest BCUT2D eigenvalue weighted by molar-refractivity contribution is 14.0. The molecule has 0 radical (unpaired) electrons. The van der Waals surface area contributed by atoms with Gasteiger partial charge >= 0.3 is 0 Å². The molecule has 0 aliphatic carbocycles. The Labute approximate surface area is 127 Å². The van der Waals surface area contributed by atoms with Crippen LogP contribution in [-0.4, -0.2) is 61.9 Å². The van der Waals surface area contributed by atoms with Crippen LogP contribution in [-0.2, 0) is 4.79 Å². The molecular formula is C12H25IN4O. The number of carbonyl (C=O) groups excluding carboxylic acids is 1. The van der Waals surface area contributed by atoms with Crippen molar-refractivity contribution in [3.63, 3.8) is 0 Å². The van der Waals surface area contributed by atoms with Crippen LogP contribution >= 0.6 is 24.0 Å². The lowest BCUT2D eigenvalue weighted by Gasteiger charge is -2.20. The van der Waals surface area contributed by atoms with Crippen molar-refractivity contribution in [1.82, 2.24) is 15.1 Å². The van der Waals surface area contributed by atoms with Crippen molar-refractivity contribution >= 4 is 35.8 Å². The SMILES string of the molecule is CCNC(=NCCC(=O)N(C)C)N1CCCC1.I. The van der Waals surface area contributed by atoms with Crippen LogP contribution in [0.5, 0.6) is 0 Å². The molecule has 5 nitrogen and oxygen atoms in total. The number of nitrogens with one attached hydrogen (secondary N) is 1. The van der Waals surface area contributed by atoms with E-state index in [-0.39, 0.29) is 29.9 Å². The van der Waals surface area contributed by atoms with Crippen LogP contribution < -0.4 is 5.32 Å². The molecule has 1 heterocycles. The summed E-state index contributed by atoms with van der Waals surface area (Å²) in [5, 5.41) is 3.28. The quantitative estimate of drug-likeness (QED) is 0.460. The van der Waals surface area contributed by atoms with Gasteiger partial charge in [-0.25, -0.2) is 0 Å². The minimum absolute atomic E-state index is 0. The van der Waals surface area contributed by atoms with Gasteiger partial charge in [-0.1, -0.05) is 0 Å². The van der Waals surface area contributed by atoms with Crippen LogP contribution in [0.2, 0.25) is 0 Å². The summed E-state index contributed by atoms with van der Waals surface area (Å²) in [4.78, 5) is 19.8. The highest BCUT2D eigenvalue weighted by atomic mass is 127. The first-order valence-electron chi connectivity index (χ1n) is 6.38. The van der Waals surface area contributed by atoms with Crippen molar-refractivity contribution in [3.05, 3.63) is 0 Å². The Morgan fingerprint density at radius 2 is 1.94 bits per heavy atom. The lowest BCUT2D eigenvalue weighted by Crippen LogP contribution is -2.39. The Morgan fingerprint density at radius 3 is 2.44 bits per heavy atom. The molecule has 1 saturated heterocycles. The van der Waals surface area contributed by atoms with Gasteiger partial charge in [0.15, 0.2) is 5.96 Å². The first kappa shape index (κ1) is 17.5. The third-order valence-corrected chi connectivity index (χ3v) is 2.83. The van der Waals surface area contributed by atoms with Crippen LogP contribution in [0, 0.1) is 0 Å². The molecule has 0 unspecified atom stereocenters. The summed E-state index contributed by atoms with van der Waals surface area (Å²) in [5.74, 6) is 1.09. The number of nitrogens with zero attached hydrogens (tertiary/aromatic N) is 3. The Balaban J connectivity index is 0.00000289. The summed E-state index contributed by atoms with van der Waals surface area (Å²) in [6, 6.07) is 0. The zero-order valence-electron chi connectivity index (χ0n) is 11.6. The second-order valence-corrected chi connectivity index (χ2v) is 4.47. The predicted octanol–water partition coefficient (Wildman–Crippen LogP) is 1.14. The smallest absolute Gasteiger partial charge is 0.223 e. The van der Waals surface area contributed by atoms with Gasteiger partial charge in [-0.2, -0.15) is 0 Å². The molecule has 6 heteroatoms. The van der Waals surface area contributed by atoms with Crippen molar-refractivity contribution < 1.29 is 4.79 Å². The molecule has 18 heavy (non-hydrogen) atoms. The van der Waals surface area contributed by atoms with Crippen LogP contribution in [0.3, 0.4) is 0 Å². The first-order valence-corrected chi connectivity index (χ1v) is 6.38. The van der Waals surface area contributed by atoms with E-state index in [1.54, 1.807) is 19.0 Å². The van der Waals surface area contributed by atoms with Crippen molar-refractivity contribution in [2.45, 2.75) is 26.2 Å². The molecule has 0 bridgehead atoms. The summed E-state index contributed by atoms with van der Waals surface area (Å²) < 4.78 is 0. The fourth-order valence-corrected chi connectivity index (χ4v) is 1.84. The lowest BCUT2D eigenvalue weighted by molar-refractivity contribution is -0.128. The molecule has 106 valence electrons. The van der Waals surface area contributed by atoms with Gasteiger partial charge in [0, 0.05) is 40.2 Å². The number of likely N-dealkylation sites (tertiary alicyclic amines) is 1. The van der Waals surface area contributed by atoms with Crippen molar-refractivity contribution in [2.24, 2.45) is 4.99 Å². The average molecular weight is 368 g/mol. The molecule has 1 aliphatic heterocycles. The third-order valence-electron chi connectivity index (χ3n) is 2.83. The third kappa shape index (κ3) is 5.88. The monoisotopic (exact) mass is 368 g/mol. The number of amides is 1. The Kier molecular flexibility index (Phi) is 9.13. The number of rotatable bonds is 4. The van der Waals surface area contributed by atoms with Crippen LogP contribution in [0.1, 0.15) is 26.2 Å². The molecule has 0 aromatic carbocycles. The van der Waals surface area contributed by atoms with Gasteiger partial charge < -0.3 is 15.1 Å². The number of hydrogen-bond acceptors (Lipinski definition) is 2. The van der Waals surface area contributed by atoms with E-state index >= 15 is 0 Å². The molecule has 0 aromatic rings. The zero-order valence-corrected chi connectivity index (χ0v) is 13.9. The minimum Gasteiger partial charge on any atom is -0.357 e. The summed E-state index contributed by atoms with van der Waals surface area (Å²) >= 11 is 0. The van der Waals surface area contributed by atoms with E-state index in [0.717, 1.165) is 25.6 Å². The topological polar surface area (TPSA) is 47.9 Å². The van der Waals surface area contributed by atoms with E-state index in [1.807, 2.05) is 0 Å². The van der Waals surface area contributed by atoms with E-state index in [9.17, 15) is 4.79 Å². The van der Waals surface area contributed by atoms with E-state index in [2.05, 4.69) is 22.1 Å². The number of guanidine groups is 1. The van der Waals surface area contributed by atoms with Gasteiger partial charge in [-0.05, 0) is 19.8 Å². The molecular weight excluding hydrogens is 343 g/mol. The second-order valence-electron chi connectivity index (χ2n) is 4.47. The van der Waals surface area contributed by atoms with E-state index in [0.29, 0.717) is 13.0 Å². The van der Waals surface area contributed by atoms with Gasteiger partial charge in [0.25, 0.3) is 0 Å². The number of halogens is 1. The zero-order chi connectivity index (χ0) is 12.7. The molecule has 0 aromatic heterocycles. The lowest BCUT2D eigenvalue weighted by atomic mass is 10.4. The maximum absolute atomic E-state index is 11.4. The molecule has 1 fully saturated rings. The first-order chi connectivity index (χ1) is 8.15.